The molecule has 0 bridgehead atoms. The lowest BCUT2D eigenvalue weighted by Crippen LogP contribution is -2.45. The first kappa shape index (κ1) is 28.7. The summed E-state index contributed by atoms with van der Waals surface area (Å²) < 4.78 is 51.4. The van der Waals surface area contributed by atoms with Crippen LogP contribution in [0.25, 0.3) is 0 Å². The molecule has 2 aliphatic rings. The third-order valence-electron chi connectivity index (χ3n) is 7.38. The number of hydrogen-bond donors (Lipinski definition) is 2. The zero-order valence-electron chi connectivity index (χ0n) is 22.4. The van der Waals surface area contributed by atoms with Gasteiger partial charge in [-0.2, -0.15) is 13.2 Å². The van der Waals surface area contributed by atoms with Crippen LogP contribution in [0.4, 0.5) is 23.2 Å². The summed E-state index contributed by atoms with van der Waals surface area (Å²) in [7, 11) is 0. The van der Waals surface area contributed by atoms with Crippen molar-refractivity contribution in [2.75, 3.05) is 38.0 Å². The topological polar surface area (TPSA) is 77.6 Å². The summed E-state index contributed by atoms with van der Waals surface area (Å²) in [6.07, 6.45) is -5.69. The number of pyridine rings is 1. The summed E-state index contributed by atoms with van der Waals surface area (Å²) in [4.78, 5) is 34.3. The molecule has 0 saturated carbocycles. The van der Waals surface area contributed by atoms with Crippen molar-refractivity contribution in [1.29, 1.82) is 0 Å². The van der Waals surface area contributed by atoms with Crippen molar-refractivity contribution in [3.8, 4) is 0 Å². The number of carbonyl (C=O) groups is 2. The molecule has 0 radical (unpaired) electrons. The minimum atomic E-state index is -4.44. The van der Waals surface area contributed by atoms with Gasteiger partial charge in [0.05, 0.1) is 17.8 Å². The van der Waals surface area contributed by atoms with Gasteiger partial charge in [0.25, 0.3) is 0 Å². The molecule has 0 aliphatic carbocycles. The van der Waals surface area contributed by atoms with Crippen LogP contribution in [0.1, 0.15) is 32.9 Å². The number of fused-ring (bicyclic) bond motifs is 1. The van der Waals surface area contributed by atoms with Gasteiger partial charge in [-0.05, 0) is 41.0 Å². The highest BCUT2D eigenvalue weighted by Gasteiger charge is 2.35. The molecule has 1 fully saturated rings. The number of amides is 1. The highest BCUT2D eigenvalue weighted by Crippen LogP contribution is 2.27. The van der Waals surface area contributed by atoms with Crippen molar-refractivity contribution in [3.63, 3.8) is 0 Å². The minimum absolute atomic E-state index is 0.0497. The van der Waals surface area contributed by atoms with Gasteiger partial charge in [0.1, 0.15) is 17.4 Å². The Morgan fingerprint density at radius 2 is 1.44 bits per heavy atom. The predicted octanol–water partition coefficient (Wildman–Crippen LogP) is 4.18. The van der Waals surface area contributed by atoms with Crippen LogP contribution in [0.5, 0.6) is 0 Å². The number of carbonyl (C=O) groups excluding carboxylic acids is 2. The first-order chi connectivity index (χ1) is 19.6. The summed E-state index contributed by atoms with van der Waals surface area (Å²) in [6, 6.07) is 17.1. The standard InChI is InChI=1S/C30H31F4N5O2/c31-23-7-5-22(6-8-23)19-39-13-11-38(12-14-39)18-21-3-1-20(2-4-21)16-36-29(41)25-17-35-26-10-9-24(15-30(32,33)34)37-27(26)28(25)40/h1-10,25,35H,11-19H2,(H,36,41). The molecule has 3 aromatic rings. The second-order valence-electron chi connectivity index (χ2n) is 10.5. The van der Waals surface area contributed by atoms with Gasteiger partial charge >= 0.3 is 6.18 Å². The number of rotatable bonds is 8. The molecule has 7 nitrogen and oxygen atoms in total. The number of benzene rings is 2. The number of nitrogens with zero attached hydrogens (tertiary/aromatic N) is 3. The van der Waals surface area contributed by atoms with Gasteiger partial charge in [-0.25, -0.2) is 9.37 Å². The van der Waals surface area contributed by atoms with Crippen molar-refractivity contribution in [2.24, 2.45) is 5.92 Å². The van der Waals surface area contributed by atoms with Crippen LogP contribution < -0.4 is 10.6 Å². The third-order valence-corrected chi connectivity index (χ3v) is 7.38. The Morgan fingerprint density at radius 1 is 0.878 bits per heavy atom. The van der Waals surface area contributed by atoms with Gasteiger partial charge in [0.15, 0.2) is 5.78 Å². The lowest BCUT2D eigenvalue weighted by atomic mass is 9.94. The van der Waals surface area contributed by atoms with Crippen molar-refractivity contribution in [1.82, 2.24) is 20.1 Å². The molecule has 2 aliphatic heterocycles. The van der Waals surface area contributed by atoms with Gasteiger partial charge < -0.3 is 10.6 Å². The number of piperazine rings is 1. The normalized spacial score (nSPS) is 18.0. The van der Waals surface area contributed by atoms with Gasteiger partial charge in [0.2, 0.25) is 5.91 Å². The smallest absolute Gasteiger partial charge is 0.382 e. The Balaban J connectivity index is 1.08. The number of Topliss-reactive ketones (excluding diaryl/α,β-unsaturated/α-hetero) is 1. The van der Waals surface area contributed by atoms with Crippen LogP contribution in [-0.2, 0) is 30.8 Å². The van der Waals surface area contributed by atoms with Crippen LogP contribution in [0.15, 0.2) is 60.7 Å². The highest BCUT2D eigenvalue weighted by molar-refractivity contribution is 6.13. The molecule has 1 unspecified atom stereocenters. The van der Waals surface area contributed by atoms with E-state index in [1.165, 1.54) is 24.3 Å². The highest BCUT2D eigenvalue weighted by atomic mass is 19.4. The monoisotopic (exact) mass is 569 g/mol. The molecule has 1 aromatic heterocycles. The second kappa shape index (κ2) is 12.4. The Hall–Kier alpha value is -3.83. The maximum atomic E-state index is 13.1. The van der Waals surface area contributed by atoms with E-state index in [0.29, 0.717) is 5.69 Å². The van der Waals surface area contributed by atoms with E-state index < -0.39 is 30.2 Å². The fourth-order valence-electron chi connectivity index (χ4n) is 5.10. The summed E-state index contributed by atoms with van der Waals surface area (Å²) in [5.74, 6) is -2.39. The quantitative estimate of drug-likeness (QED) is 0.313. The molecule has 11 heteroatoms. The Morgan fingerprint density at radius 3 is 2.02 bits per heavy atom. The lowest BCUT2D eigenvalue weighted by Gasteiger charge is -2.34. The summed E-state index contributed by atoms with van der Waals surface area (Å²) >= 11 is 0. The van der Waals surface area contributed by atoms with Gasteiger partial charge in [0, 0.05) is 52.4 Å². The number of anilines is 1. The Kier molecular flexibility index (Phi) is 8.65. The number of halogens is 4. The maximum Gasteiger partial charge on any atom is 0.394 e. The fraction of sp³-hybridized carbons (Fsp3) is 0.367. The average Bonchev–Trinajstić information content (AvgIpc) is 2.94. The van der Waals surface area contributed by atoms with Gasteiger partial charge in [-0.15, -0.1) is 0 Å². The van der Waals surface area contributed by atoms with E-state index >= 15 is 0 Å². The summed E-state index contributed by atoms with van der Waals surface area (Å²) in [5, 5.41) is 5.70. The SMILES string of the molecule is O=C(NCc1ccc(CN2CCN(Cc3ccc(F)cc3)CC2)cc1)C1CNc2ccc(CC(F)(F)F)nc2C1=O. The van der Waals surface area contributed by atoms with Crippen molar-refractivity contribution >= 4 is 17.4 Å². The molecule has 1 amide bonds. The number of alkyl halides is 3. The van der Waals surface area contributed by atoms with Crippen molar-refractivity contribution in [3.05, 3.63) is 94.6 Å². The maximum absolute atomic E-state index is 13.1. The molecule has 3 heterocycles. The minimum Gasteiger partial charge on any atom is -0.382 e. The Bertz CT molecular complexity index is 1370. The molecule has 2 aromatic carbocycles. The number of ketones is 1. The largest absolute Gasteiger partial charge is 0.394 e. The Labute approximate surface area is 235 Å². The van der Waals surface area contributed by atoms with Crippen LogP contribution in [0, 0.1) is 11.7 Å². The molecule has 5 rings (SSSR count). The van der Waals surface area contributed by atoms with Crippen molar-refractivity contribution < 1.29 is 27.2 Å². The van der Waals surface area contributed by atoms with Crippen LogP contribution in [0.2, 0.25) is 0 Å². The van der Waals surface area contributed by atoms with Crippen LogP contribution >= 0.6 is 0 Å². The van der Waals surface area contributed by atoms with E-state index in [1.54, 1.807) is 0 Å². The van der Waals surface area contributed by atoms with Gasteiger partial charge in [-0.1, -0.05) is 36.4 Å². The van der Waals surface area contributed by atoms with Crippen molar-refractivity contribution in [2.45, 2.75) is 32.2 Å². The summed E-state index contributed by atoms with van der Waals surface area (Å²) in [6.45, 7) is 5.60. The lowest BCUT2D eigenvalue weighted by molar-refractivity contribution is -0.128. The van der Waals surface area contributed by atoms with E-state index in [0.717, 1.165) is 56.0 Å². The average molecular weight is 570 g/mol. The van der Waals surface area contributed by atoms with E-state index in [-0.39, 0.29) is 30.3 Å². The predicted molar refractivity (Wildman–Crippen MR) is 146 cm³/mol. The number of nitrogens with one attached hydrogen (secondary N) is 2. The van der Waals surface area contributed by atoms with E-state index in [2.05, 4.69) is 25.4 Å². The van der Waals surface area contributed by atoms with E-state index in [9.17, 15) is 27.2 Å². The first-order valence-corrected chi connectivity index (χ1v) is 13.5. The zero-order chi connectivity index (χ0) is 29.0. The summed E-state index contributed by atoms with van der Waals surface area (Å²) in [5.41, 5.74) is 3.04. The molecule has 216 valence electrons. The number of hydrogen-bond acceptors (Lipinski definition) is 6. The number of aromatic nitrogens is 1. The molecule has 2 N–H and O–H groups in total. The molecule has 1 saturated heterocycles. The zero-order valence-corrected chi connectivity index (χ0v) is 22.4. The fourth-order valence-corrected chi connectivity index (χ4v) is 5.10. The van der Waals surface area contributed by atoms with E-state index in [4.69, 9.17) is 0 Å². The first-order valence-electron chi connectivity index (χ1n) is 13.5. The van der Waals surface area contributed by atoms with Gasteiger partial charge in [-0.3, -0.25) is 19.4 Å². The second-order valence-corrected chi connectivity index (χ2v) is 10.5. The third kappa shape index (κ3) is 7.68. The molecule has 0 spiro atoms. The van der Waals surface area contributed by atoms with Crippen LogP contribution in [0.3, 0.4) is 0 Å². The molecule has 1 atom stereocenters. The van der Waals surface area contributed by atoms with E-state index in [1.807, 2.05) is 36.4 Å². The molecule has 41 heavy (non-hydrogen) atoms. The molecular formula is C30H31F4N5O2. The van der Waals surface area contributed by atoms with Crippen LogP contribution in [-0.4, -0.2) is 65.4 Å². The molecular weight excluding hydrogens is 538 g/mol.